The largest absolute Gasteiger partial charge is 0.495 e. The summed E-state index contributed by atoms with van der Waals surface area (Å²) in [5.41, 5.74) is 1.16. The van der Waals surface area contributed by atoms with Gasteiger partial charge in [0.15, 0.2) is 0 Å². The SMILES string of the molecule is COc1cc(Cl)c(C)cc1NC(=O)C(=O)NCCCCCO. The predicted octanol–water partition coefficient (Wildman–Crippen LogP) is 1.87. The minimum Gasteiger partial charge on any atom is -0.495 e. The number of methoxy groups -OCH3 is 1. The number of aliphatic hydroxyl groups excluding tert-OH is 1. The lowest BCUT2D eigenvalue weighted by Crippen LogP contribution is -2.36. The van der Waals surface area contributed by atoms with Gasteiger partial charge in [-0.3, -0.25) is 9.59 Å². The van der Waals surface area contributed by atoms with Gasteiger partial charge in [0.25, 0.3) is 0 Å². The summed E-state index contributed by atoms with van der Waals surface area (Å²) in [6.07, 6.45) is 2.19. The molecule has 7 heteroatoms. The maximum Gasteiger partial charge on any atom is 0.313 e. The summed E-state index contributed by atoms with van der Waals surface area (Å²) in [4.78, 5) is 23.5. The van der Waals surface area contributed by atoms with Crippen LogP contribution in [0.2, 0.25) is 5.02 Å². The van der Waals surface area contributed by atoms with Crippen LogP contribution >= 0.6 is 11.6 Å². The maximum absolute atomic E-state index is 11.8. The average molecular weight is 329 g/mol. The predicted molar refractivity (Wildman–Crippen MR) is 85.3 cm³/mol. The molecule has 0 radical (unpaired) electrons. The highest BCUT2D eigenvalue weighted by molar-refractivity contribution is 6.40. The standard InChI is InChI=1S/C15H21ClN2O4/c1-10-8-12(13(22-2)9-11(10)16)18-15(21)14(20)17-6-4-3-5-7-19/h8-9,19H,3-7H2,1-2H3,(H,17,20)(H,18,21). The Morgan fingerprint density at radius 2 is 1.95 bits per heavy atom. The highest BCUT2D eigenvalue weighted by atomic mass is 35.5. The Balaban J connectivity index is 2.57. The van der Waals surface area contributed by atoms with Gasteiger partial charge in [0.1, 0.15) is 5.75 Å². The Labute approximate surface area is 134 Å². The van der Waals surface area contributed by atoms with Crippen LogP contribution in [0.3, 0.4) is 0 Å². The lowest BCUT2D eigenvalue weighted by Gasteiger charge is -2.12. The van der Waals surface area contributed by atoms with E-state index in [4.69, 9.17) is 21.4 Å². The van der Waals surface area contributed by atoms with E-state index < -0.39 is 11.8 Å². The molecule has 1 aromatic rings. The number of carbonyl (C=O) groups excluding carboxylic acids is 2. The Kier molecular flexibility index (Phi) is 7.70. The van der Waals surface area contributed by atoms with Gasteiger partial charge in [0.05, 0.1) is 12.8 Å². The summed E-state index contributed by atoms with van der Waals surface area (Å²) in [5, 5.41) is 14.2. The van der Waals surface area contributed by atoms with Gasteiger partial charge in [-0.25, -0.2) is 0 Å². The van der Waals surface area contributed by atoms with E-state index in [9.17, 15) is 9.59 Å². The van der Waals surface area contributed by atoms with Crippen LogP contribution in [0, 0.1) is 6.92 Å². The van der Waals surface area contributed by atoms with Crippen molar-refractivity contribution in [2.45, 2.75) is 26.2 Å². The van der Waals surface area contributed by atoms with E-state index in [1.165, 1.54) is 7.11 Å². The molecule has 0 spiro atoms. The number of aryl methyl sites for hydroxylation is 1. The highest BCUT2D eigenvalue weighted by Gasteiger charge is 2.16. The molecule has 3 N–H and O–H groups in total. The van der Waals surface area contributed by atoms with Crippen LogP contribution < -0.4 is 15.4 Å². The first-order chi connectivity index (χ1) is 10.5. The van der Waals surface area contributed by atoms with Gasteiger partial charge < -0.3 is 20.5 Å². The molecule has 0 saturated carbocycles. The van der Waals surface area contributed by atoms with Crippen molar-refractivity contribution in [3.63, 3.8) is 0 Å². The summed E-state index contributed by atoms with van der Waals surface area (Å²) in [6, 6.07) is 3.23. The zero-order valence-electron chi connectivity index (χ0n) is 12.7. The minimum atomic E-state index is -0.762. The molecule has 0 heterocycles. The van der Waals surface area contributed by atoms with Crippen LogP contribution in [0.15, 0.2) is 12.1 Å². The second-order valence-electron chi connectivity index (χ2n) is 4.80. The summed E-state index contributed by atoms with van der Waals surface area (Å²) in [5.74, 6) is -1.08. The smallest absolute Gasteiger partial charge is 0.313 e. The monoisotopic (exact) mass is 328 g/mol. The molecule has 0 saturated heterocycles. The molecule has 0 atom stereocenters. The van der Waals surface area contributed by atoms with E-state index in [1.54, 1.807) is 19.1 Å². The molecule has 1 aromatic carbocycles. The van der Waals surface area contributed by atoms with Crippen molar-refractivity contribution in [2.75, 3.05) is 25.6 Å². The lowest BCUT2D eigenvalue weighted by atomic mass is 10.2. The molecule has 0 aliphatic rings. The van der Waals surface area contributed by atoms with Crippen LogP contribution in [-0.4, -0.2) is 37.2 Å². The van der Waals surface area contributed by atoms with Gasteiger partial charge in [-0.05, 0) is 37.8 Å². The maximum atomic E-state index is 11.8. The number of benzene rings is 1. The van der Waals surface area contributed by atoms with Gasteiger partial charge in [-0.1, -0.05) is 11.6 Å². The average Bonchev–Trinajstić information content (AvgIpc) is 2.50. The normalized spacial score (nSPS) is 10.2. The van der Waals surface area contributed by atoms with Crippen molar-refractivity contribution in [1.82, 2.24) is 5.32 Å². The molecule has 0 aliphatic heterocycles. The van der Waals surface area contributed by atoms with Gasteiger partial charge in [0, 0.05) is 24.2 Å². The number of rotatable bonds is 7. The summed E-state index contributed by atoms with van der Waals surface area (Å²) in [7, 11) is 1.46. The van der Waals surface area contributed by atoms with E-state index >= 15 is 0 Å². The lowest BCUT2D eigenvalue weighted by molar-refractivity contribution is -0.136. The Morgan fingerprint density at radius 3 is 2.59 bits per heavy atom. The zero-order chi connectivity index (χ0) is 16.5. The quantitative estimate of drug-likeness (QED) is 0.527. The van der Waals surface area contributed by atoms with E-state index in [0.29, 0.717) is 35.8 Å². The first-order valence-corrected chi connectivity index (χ1v) is 7.41. The number of aliphatic hydroxyl groups is 1. The van der Waals surface area contributed by atoms with E-state index in [0.717, 1.165) is 12.0 Å². The fraction of sp³-hybridized carbons (Fsp3) is 0.467. The second-order valence-corrected chi connectivity index (χ2v) is 5.20. The van der Waals surface area contributed by atoms with Crippen molar-refractivity contribution >= 4 is 29.1 Å². The third-order valence-corrected chi connectivity index (χ3v) is 3.46. The van der Waals surface area contributed by atoms with Gasteiger partial charge in [0.2, 0.25) is 0 Å². The molecular weight excluding hydrogens is 308 g/mol. The van der Waals surface area contributed by atoms with Crippen molar-refractivity contribution in [3.05, 3.63) is 22.7 Å². The van der Waals surface area contributed by atoms with E-state index in [-0.39, 0.29) is 6.61 Å². The molecule has 122 valence electrons. The van der Waals surface area contributed by atoms with Crippen molar-refractivity contribution < 1.29 is 19.4 Å². The summed E-state index contributed by atoms with van der Waals surface area (Å²) < 4.78 is 5.13. The Morgan fingerprint density at radius 1 is 1.23 bits per heavy atom. The van der Waals surface area contributed by atoms with Gasteiger partial charge in [-0.15, -0.1) is 0 Å². The summed E-state index contributed by atoms with van der Waals surface area (Å²) >= 11 is 5.98. The number of ether oxygens (including phenoxy) is 1. The number of hydrogen-bond donors (Lipinski definition) is 3. The fourth-order valence-electron chi connectivity index (χ4n) is 1.80. The molecular formula is C15H21ClN2O4. The topological polar surface area (TPSA) is 87.7 Å². The molecule has 0 aliphatic carbocycles. The van der Waals surface area contributed by atoms with Crippen LogP contribution in [0.1, 0.15) is 24.8 Å². The van der Waals surface area contributed by atoms with Crippen molar-refractivity contribution in [1.29, 1.82) is 0 Å². The number of hydrogen-bond acceptors (Lipinski definition) is 4. The van der Waals surface area contributed by atoms with Crippen LogP contribution in [0.25, 0.3) is 0 Å². The van der Waals surface area contributed by atoms with Gasteiger partial charge in [-0.2, -0.15) is 0 Å². The first-order valence-electron chi connectivity index (χ1n) is 7.03. The van der Waals surface area contributed by atoms with Crippen LogP contribution in [0.5, 0.6) is 5.75 Å². The first kappa shape index (κ1) is 18.3. The van der Waals surface area contributed by atoms with Crippen molar-refractivity contribution in [2.24, 2.45) is 0 Å². The zero-order valence-corrected chi connectivity index (χ0v) is 13.5. The molecule has 22 heavy (non-hydrogen) atoms. The number of carbonyl (C=O) groups is 2. The number of anilines is 1. The Bertz CT molecular complexity index is 535. The van der Waals surface area contributed by atoms with Crippen molar-refractivity contribution in [3.8, 4) is 5.75 Å². The van der Waals surface area contributed by atoms with Crippen LogP contribution in [0.4, 0.5) is 5.69 Å². The van der Waals surface area contributed by atoms with E-state index in [2.05, 4.69) is 10.6 Å². The Hall–Kier alpha value is -1.79. The highest BCUT2D eigenvalue weighted by Crippen LogP contribution is 2.30. The molecule has 0 aromatic heterocycles. The molecule has 0 bridgehead atoms. The number of amides is 2. The fourth-order valence-corrected chi connectivity index (χ4v) is 1.96. The molecule has 0 fully saturated rings. The molecule has 0 unspecified atom stereocenters. The third kappa shape index (κ3) is 5.54. The number of halogens is 1. The number of nitrogens with one attached hydrogen (secondary N) is 2. The third-order valence-electron chi connectivity index (χ3n) is 3.06. The minimum absolute atomic E-state index is 0.129. The number of unbranched alkanes of at least 4 members (excludes halogenated alkanes) is 2. The second kappa shape index (κ2) is 9.27. The van der Waals surface area contributed by atoms with Gasteiger partial charge >= 0.3 is 11.8 Å². The molecule has 6 nitrogen and oxygen atoms in total. The summed E-state index contributed by atoms with van der Waals surface area (Å²) in [6.45, 7) is 2.31. The van der Waals surface area contributed by atoms with Crippen LogP contribution in [-0.2, 0) is 9.59 Å². The molecule has 2 amide bonds. The van der Waals surface area contributed by atoms with E-state index in [1.807, 2.05) is 0 Å². The molecule has 1 rings (SSSR count).